The molecule has 0 unspecified atom stereocenters. The highest BCUT2D eigenvalue weighted by molar-refractivity contribution is 6.35. The number of para-hydroxylation sites is 1. The number of amides is 1. The zero-order valence-electron chi connectivity index (χ0n) is 11.5. The second-order valence-electron chi connectivity index (χ2n) is 5.58. The third-order valence-electron chi connectivity index (χ3n) is 4.30. The molecule has 106 valence electrons. The standard InChI is InChI=1S/C17H15FN2O/c18-14-6-3-5-12-13(17(21)20-16(12)14)8-10-9-19-15-7-2-1-4-11(10)15/h3,5-6,8-9,19H,1-2,4,7H2,(H,20,21). The summed E-state index contributed by atoms with van der Waals surface area (Å²) in [6, 6.07) is 4.77. The van der Waals surface area contributed by atoms with Gasteiger partial charge in [0.2, 0.25) is 0 Å². The number of anilines is 1. The zero-order chi connectivity index (χ0) is 14.4. The minimum absolute atomic E-state index is 0.235. The van der Waals surface area contributed by atoms with Gasteiger partial charge >= 0.3 is 0 Å². The predicted molar refractivity (Wildman–Crippen MR) is 80.3 cm³/mol. The second kappa shape index (κ2) is 4.58. The minimum atomic E-state index is -0.389. The number of halogens is 1. The quantitative estimate of drug-likeness (QED) is 0.772. The average Bonchev–Trinajstić information content (AvgIpc) is 3.04. The smallest absolute Gasteiger partial charge is 0.256 e. The number of nitrogens with one attached hydrogen (secondary N) is 2. The Bertz CT molecular complexity index is 773. The van der Waals surface area contributed by atoms with E-state index >= 15 is 0 Å². The van der Waals surface area contributed by atoms with Crippen LogP contribution in [-0.2, 0) is 17.6 Å². The number of carbonyl (C=O) groups excluding carboxylic acids is 1. The monoisotopic (exact) mass is 282 g/mol. The van der Waals surface area contributed by atoms with Gasteiger partial charge in [0, 0.05) is 23.0 Å². The topological polar surface area (TPSA) is 44.9 Å². The highest BCUT2D eigenvalue weighted by atomic mass is 19.1. The summed E-state index contributed by atoms with van der Waals surface area (Å²) in [5, 5.41) is 2.62. The van der Waals surface area contributed by atoms with Crippen molar-refractivity contribution in [2.45, 2.75) is 25.7 Å². The van der Waals surface area contributed by atoms with Crippen molar-refractivity contribution in [2.75, 3.05) is 5.32 Å². The highest BCUT2D eigenvalue weighted by Gasteiger charge is 2.27. The van der Waals surface area contributed by atoms with Crippen molar-refractivity contribution in [1.82, 2.24) is 4.98 Å². The van der Waals surface area contributed by atoms with E-state index < -0.39 is 0 Å². The molecular formula is C17H15FN2O. The Morgan fingerprint density at radius 3 is 2.95 bits per heavy atom. The molecule has 3 nitrogen and oxygen atoms in total. The Morgan fingerprint density at radius 2 is 2.05 bits per heavy atom. The van der Waals surface area contributed by atoms with Crippen molar-refractivity contribution in [2.24, 2.45) is 0 Å². The molecule has 1 aromatic carbocycles. The van der Waals surface area contributed by atoms with Crippen LogP contribution in [0.15, 0.2) is 24.4 Å². The largest absolute Gasteiger partial charge is 0.364 e. The van der Waals surface area contributed by atoms with E-state index in [0.717, 1.165) is 18.4 Å². The molecule has 1 amide bonds. The Hall–Kier alpha value is -2.36. The fourth-order valence-electron chi connectivity index (χ4n) is 3.24. The molecule has 0 spiro atoms. The van der Waals surface area contributed by atoms with Crippen molar-refractivity contribution < 1.29 is 9.18 Å². The van der Waals surface area contributed by atoms with Gasteiger partial charge in [-0.25, -0.2) is 4.39 Å². The van der Waals surface area contributed by atoms with Gasteiger partial charge in [0.1, 0.15) is 5.82 Å². The van der Waals surface area contributed by atoms with Crippen LogP contribution in [0.5, 0.6) is 0 Å². The van der Waals surface area contributed by atoms with Crippen LogP contribution in [0, 0.1) is 5.82 Å². The van der Waals surface area contributed by atoms with Gasteiger partial charge in [-0.2, -0.15) is 0 Å². The molecular weight excluding hydrogens is 267 g/mol. The number of aromatic amines is 1. The molecule has 0 radical (unpaired) electrons. The summed E-state index contributed by atoms with van der Waals surface area (Å²) in [5.74, 6) is -0.624. The summed E-state index contributed by atoms with van der Waals surface area (Å²) < 4.78 is 13.7. The molecule has 21 heavy (non-hydrogen) atoms. The lowest BCUT2D eigenvalue weighted by Gasteiger charge is -2.11. The van der Waals surface area contributed by atoms with Crippen LogP contribution in [0.25, 0.3) is 11.6 Å². The Kier molecular flexibility index (Phi) is 2.70. The lowest BCUT2D eigenvalue weighted by Crippen LogP contribution is -2.05. The zero-order valence-corrected chi connectivity index (χ0v) is 11.5. The summed E-state index contributed by atoms with van der Waals surface area (Å²) in [5.41, 5.74) is 5.09. The molecule has 1 aromatic heterocycles. The van der Waals surface area contributed by atoms with Gasteiger partial charge in [-0.15, -0.1) is 0 Å². The van der Waals surface area contributed by atoms with Crippen molar-refractivity contribution in [3.05, 3.63) is 52.6 Å². The number of H-pyrrole nitrogens is 1. The number of carbonyl (C=O) groups is 1. The third-order valence-corrected chi connectivity index (χ3v) is 4.30. The SMILES string of the molecule is O=C1Nc2c(F)cccc2C1=Cc1c[nH]c2c1CCCC2. The second-order valence-corrected chi connectivity index (χ2v) is 5.58. The Balaban J connectivity index is 1.82. The number of aromatic nitrogens is 1. The molecule has 0 atom stereocenters. The van der Waals surface area contributed by atoms with Crippen LogP contribution >= 0.6 is 0 Å². The van der Waals surface area contributed by atoms with E-state index in [1.165, 1.54) is 30.2 Å². The van der Waals surface area contributed by atoms with Gasteiger partial charge < -0.3 is 10.3 Å². The summed E-state index contributed by atoms with van der Waals surface area (Å²) in [4.78, 5) is 15.4. The maximum absolute atomic E-state index is 13.7. The molecule has 0 bridgehead atoms. The number of aryl methyl sites for hydroxylation is 1. The number of hydrogen-bond donors (Lipinski definition) is 2. The molecule has 0 saturated carbocycles. The van der Waals surface area contributed by atoms with Gasteiger partial charge in [-0.05, 0) is 49.0 Å². The van der Waals surface area contributed by atoms with Gasteiger partial charge in [-0.3, -0.25) is 4.79 Å². The predicted octanol–water partition coefficient (Wildman–Crippen LogP) is 3.53. The van der Waals surface area contributed by atoms with Crippen LogP contribution in [0.3, 0.4) is 0 Å². The number of hydrogen-bond acceptors (Lipinski definition) is 1. The van der Waals surface area contributed by atoms with Crippen LogP contribution < -0.4 is 5.32 Å². The molecule has 4 heteroatoms. The van der Waals surface area contributed by atoms with Crippen LogP contribution in [0.1, 0.15) is 35.2 Å². The first-order valence-electron chi connectivity index (χ1n) is 7.25. The van der Waals surface area contributed by atoms with Crippen molar-refractivity contribution >= 4 is 23.2 Å². The molecule has 2 aromatic rings. The van der Waals surface area contributed by atoms with E-state index in [4.69, 9.17) is 0 Å². The van der Waals surface area contributed by atoms with Crippen molar-refractivity contribution in [1.29, 1.82) is 0 Å². The third kappa shape index (κ3) is 1.90. The van der Waals surface area contributed by atoms with Crippen LogP contribution in [-0.4, -0.2) is 10.9 Å². The van der Waals surface area contributed by atoms with E-state index in [9.17, 15) is 9.18 Å². The molecule has 0 saturated heterocycles. The highest BCUT2D eigenvalue weighted by Crippen LogP contribution is 2.36. The number of fused-ring (bicyclic) bond motifs is 2. The molecule has 2 aliphatic rings. The molecule has 1 aliphatic carbocycles. The maximum atomic E-state index is 13.7. The molecule has 4 rings (SSSR count). The minimum Gasteiger partial charge on any atom is -0.364 e. The molecule has 2 heterocycles. The first-order chi connectivity index (χ1) is 10.2. The van der Waals surface area contributed by atoms with Gasteiger partial charge in [0.05, 0.1) is 5.69 Å². The van der Waals surface area contributed by atoms with E-state index in [1.54, 1.807) is 12.1 Å². The lowest BCUT2D eigenvalue weighted by molar-refractivity contribution is -0.110. The number of rotatable bonds is 1. The lowest BCUT2D eigenvalue weighted by atomic mass is 9.94. The van der Waals surface area contributed by atoms with E-state index in [2.05, 4.69) is 10.3 Å². The fraction of sp³-hybridized carbons (Fsp3) is 0.235. The van der Waals surface area contributed by atoms with E-state index in [-0.39, 0.29) is 17.4 Å². The van der Waals surface area contributed by atoms with Crippen LogP contribution in [0.2, 0.25) is 0 Å². The molecule has 2 N–H and O–H groups in total. The van der Waals surface area contributed by atoms with Crippen molar-refractivity contribution in [3.63, 3.8) is 0 Å². The van der Waals surface area contributed by atoms with Crippen LogP contribution in [0.4, 0.5) is 10.1 Å². The summed E-state index contributed by atoms with van der Waals surface area (Å²) in [6.45, 7) is 0. The molecule has 0 fully saturated rings. The van der Waals surface area contributed by atoms with E-state index in [1.807, 2.05) is 12.3 Å². The Morgan fingerprint density at radius 1 is 1.19 bits per heavy atom. The van der Waals surface area contributed by atoms with Gasteiger partial charge in [0.25, 0.3) is 5.91 Å². The van der Waals surface area contributed by atoms with Crippen molar-refractivity contribution in [3.8, 4) is 0 Å². The summed E-state index contributed by atoms with van der Waals surface area (Å²) in [7, 11) is 0. The fourth-order valence-corrected chi connectivity index (χ4v) is 3.24. The summed E-state index contributed by atoms with van der Waals surface area (Å²) >= 11 is 0. The molecule has 1 aliphatic heterocycles. The number of benzene rings is 1. The maximum Gasteiger partial charge on any atom is 0.256 e. The normalized spacial score (nSPS) is 18.5. The van der Waals surface area contributed by atoms with Gasteiger partial charge in [-0.1, -0.05) is 12.1 Å². The first kappa shape index (κ1) is 12.4. The summed E-state index contributed by atoms with van der Waals surface area (Å²) in [6.07, 6.45) is 8.32. The Labute approximate surface area is 121 Å². The first-order valence-corrected chi connectivity index (χ1v) is 7.25. The van der Waals surface area contributed by atoms with E-state index in [0.29, 0.717) is 11.1 Å². The average molecular weight is 282 g/mol. The van der Waals surface area contributed by atoms with Gasteiger partial charge in [0.15, 0.2) is 0 Å².